The molecule has 0 saturated heterocycles. The van der Waals surface area contributed by atoms with Gasteiger partial charge in [-0.25, -0.2) is 4.39 Å². The van der Waals surface area contributed by atoms with Crippen molar-refractivity contribution in [3.8, 4) is 6.07 Å². The van der Waals surface area contributed by atoms with Gasteiger partial charge >= 0.3 is 6.18 Å². The molecule has 108 valence electrons. The minimum Gasteiger partial charge on any atom is -0.334 e. The Bertz CT molecular complexity index is 562. The first-order valence-electron chi connectivity index (χ1n) is 5.73. The molecule has 0 aliphatic rings. The molecule has 0 radical (unpaired) electrons. The van der Waals surface area contributed by atoms with Gasteiger partial charge in [-0.15, -0.1) is 0 Å². The third kappa shape index (κ3) is 3.47. The van der Waals surface area contributed by atoms with Crippen LogP contribution in [0.4, 0.5) is 17.6 Å². The van der Waals surface area contributed by atoms with Gasteiger partial charge in [0.1, 0.15) is 11.4 Å². The van der Waals surface area contributed by atoms with Gasteiger partial charge in [0.25, 0.3) is 5.91 Å². The highest BCUT2D eigenvalue weighted by Crippen LogP contribution is 2.30. The SMILES string of the molecule is CCC(C)(C#N)NC(=O)c1cc(C(F)(F)F)ccc1F. The number of hydrogen-bond donors (Lipinski definition) is 1. The lowest BCUT2D eigenvalue weighted by Crippen LogP contribution is -2.44. The molecule has 1 rings (SSSR count). The highest BCUT2D eigenvalue weighted by Gasteiger charge is 2.33. The number of nitriles is 1. The standard InChI is InChI=1S/C13H12F4N2O/c1-3-12(2,7-18)19-11(20)9-6-8(13(15,16)17)4-5-10(9)14/h4-6H,3H2,1-2H3,(H,19,20). The van der Waals surface area contributed by atoms with Crippen LogP contribution in [0, 0.1) is 17.1 Å². The summed E-state index contributed by atoms with van der Waals surface area (Å²) in [5.41, 5.74) is -3.13. The van der Waals surface area contributed by atoms with E-state index >= 15 is 0 Å². The van der Waals surface area contributed by atoms with Gasteiger partial charge in [0.05, 0.1) is 17.2 Å². The van der Waals surface area contributed by atoms with Crippen LogP contribution in [-0.4, -0.2) is 11.4 Å². The smallest absolute Gasteiger partial charge is 0.334 e. The number of benzene rings is 1. The van der Waals surface area contributed by atoms with Crippen LogP contribution < -0.4 is 5.32 Å². The summed E-state index contributed by atoms with van der Waals surface area (Å²) in [5, 5.41) is 11.1. The molecular formula is C13H12F4N2O. The fraction of sp³-hybridized carbons (Fsp3) is 0.385. The van der Waals surface area contributed by atoms with Crippen molar-refractivity contribution in [2.45, 2.75) is 32.0 Å². The Labute approximate surface area is 113 Å². The maximum Gasteiger partial charge on any atom is 0.416 e. The third-order valence-electron chi connectivity index (χ3n) is 2.88. The van der Waals surface area contributed by atoms with Crippen LogP contribution in [0.1, 0.15) is 36.2 Å². The van der Waals surface area contributed by atoms with Gasteiger partial charge in [0.15, 0.2) is 0 Å². The lowest BCUT2D eigenvalue weighted by Gasteiger charge is -2.21. The van der Waals surface area contributed by atoms with Crippen molar-refractivity contribution in [1.82, 2.24) is 5.32 Å². The second-order valence-corrected chi connectivity index (χ2v) is 4.44. The summed E-state index contributed by atoms with van der Waals surface area (Å²) in [4.78, 5) is 11.8. The molecule has 1 aromatic rings. The highest BCUT2D eigenvalue weighted by molar-refractivity contribution is 5.95. The van der Waals surface area contributed by atoms with E-state index in [0.717, 1.165) is 0 Å². The molecule has 20 heavy (non-hydrogen) atoms. The Kier molecular flexibility index (Phi) is 4.38. The summed E-state index contributed by atoms with van der Waals surface area (Å²) in [5.74, 6) is -2.13. The van der Waals surface area contributed by atoms with E-state index in [-0.39, 0.29) is 6.42 Å². The van der Waals surface area contributed by atoms with Crippen LogP contribution in [0.2, 0.25) is 0 Å². The van der Waals surface area contributed by atoms with Crippen molar-refractivity contribution in [3.63, 3.8) is 0 Å². The molecule has 7 heteroatoms. The lowest BCUT2D eigenvalue weighted by atomic mass is 10.00. The first kappa shape index (κ1) is 16.0. The second-order valence-electron chi connectivity index (χ2n) is 4.44. The van der Waals surface area contributed by atoms with Crippen molar-refractivity contribution < 1.29 is 22.4 Å². The lowest BCUT2D eigenvalue weighted by molar-refractivity contribution is -0.137. The normalized spacial score (nSPS) is 14.2. The first-order valence-corrected chi connectivity index (χ1v) is 5.73. The van der Waals surface area contributed by atoms with Crippen LogP contribution in [0.25, 0.3) is 0 Å². The molecule has 1 N–H and O–H groups in total. The van der Waals surface area contributed by atoms with Gasteiger partial charge in [-0.1, -0.05) is 6.92 Å². The molecule has 0 bridgehead atoms. The number of rotatable bonds is 3. The van der Waals surface area contributed by atoms with E-state index in [0.29, 0.717) is 18.2 Å². The number of alkyl halides is 3. The number of hydrogen-bond acceptors (Lipinski definition) is 2. The molecule has 0 spiro atoms. The predicted octanol–water partition coefficient (Wildman–Crippen LogP) is 3.27. The number of halogens is 4. The fourth-order valence-electron chi connectivity index (χ4n) is 1.39. The number of nitrogens with zero attached hydrogens (tertiary/aromatic N) is 1. The van der Waals surface area contributed by atoms with E-state index in [1.807, 2.05) is 6.07 Å². The first-order chi connectivity index (χ1) is 9.13. The van der Waals surface area contributed by atoms with Gasteiger partial charge in [0.2, 0.25) is 0 Å². The molecule has 0 fully saturated rings. The van der Waals surface area contributed by atoms with Crippen molar-refractivity contribution in [2.75, 3.05) is 0 Å². The summed E-state index contributed by atoms with van der Waals surface area (Å²) >= 11 is 0. The van der Waals surface area contributed by atoms with Crippen LogP contribution >= 0.6 is 0 Å². The van der Waals surface area contributed by atoms with E-state index in [2.05, 4.69) is 5.32 Å². The van der Waals surface area contributed by atoms with Crippen LogP contribution in [0.3, 0.4) is 0 Å². The molecule has 1 unspecified atom stereocenters. The van der Waals surface area contributed by atoms with Gasteiger partial charge in [0, 0.05) is 0 Å². The van der Waals surface area contributed by atoms with Crippen molar-refractivity contribution in [2.24, 2.45) is 0 Å². The summed E-state index contributed by atoms with van der Waals surface area (Å²) in [7, 11) is 0. The largest absolute Gasteiger partial charge is 0.416 e. The minimum absolute atomic E-state index is 0.232. The zero-order valence-corrected chi connectivity index (χ0v) is 10.8. The molecule has 0 aliphatic carbocycles. The maximum absolute atomic E-state index is 13.5. The predicted molar refractivity (Wildman–Crippen MR) is 63.2 cm³/mol. The highest BCUT2D eigenvalue weighted by atomic mass is 19.4. The van der Waals surface area contributed by atoms with Crippen LogP contribution in [0.5, 0.6) is 0 Å². The molecule has 0 heterocycles. The molecular weight excluding hydrogens is 276 g/mol. The topological polar surface area (TPSA) is 52.9 Å². The second kappa shape index (κ2) is 5.49. The molecule has 0 aliphatic heterocycles. The quantitative estimate of drug-likeness (QED) is 0.868. The van der Waals surface area contributed by atoms with Crippen molar-refractivity contribution in [3.05, 3.63) is 35.1 Å². The van der Waals surface area contributed by atoms with E-state index in [1.165, 1.54) is 6.92 Å². The zero-order valence-electron chi connectivity index (χ0n) is 10.8. The molecule has 1 amide bonds. The van der Waals surface area contributed by atoms with Crippen LogP contribution in [-0.2, 0) is 6.18 Å². The van der Waals surface area contributed by atoms with Gasteiger partial charge in [-0.05, 0) is 31.5 Å². The molecule has 0 saturated carbocycles. The van der Waals surface area contributed by atoms with E-state index < -0.39 is 34.6 Å². The monoisotopic (exact) mass is 288 g/mol. The molecule has 1 atom stereocenters. The van der Waals surface area contributed by atoms with E-state index in [1.54, 1.807) is 6.92 Å². The average molecular weight is 288 g/mol. The van der Waals surface area contributed by atoms with Gasteiger partial charge in [-0.2, -0.15) is 18.4 Å². The van der Waals surface area contributed by atoms with E-state index in [4.69, 9.17) is 5.26 Å². The Morgan fingerprint density at radius 2 is 2.00 bits per heavy atom. The third-order valence-corrected chi connectivity index (χ3v) is 2.88. The Hall–Kier alpha value is -2.10. The number of carbonyl (C=O) groups excluding carboxylic acids is 1. The Balaban J connectivity index is 3.14. The summed E-state index contributed by atoms with van der Waals surface area (Å²) in [6.07, 6.45) is -4.44. The Morgan fingerprint density at radius 3 is 2.45 bits per heavy atom. The summed E-state index contributed by atoms with van der Waals surface area (Å²) < 4.78 is 51.1. The van der Waals surface area contributed by atoms with Crippen molar-refractivity contribution >= 4 is 5.91 Å². The average Bonchev–Trinajstić information content (AvgIpc) is 2.37. The summed E-state index contributed by atoms with van der Waals surface area (Å²) in [6.45, 7) is 3.02. The van der Waals surface area contributed by atoms with Gasteiger partial charge in [-0.3, -0.25) is 4.79 Å². The maximum atomic E-state index is 13.5. The number of carbonyl (C=O) groups is 1. The fourth-order valence-corrected chi connectivity index (χ4v) is 1.39. The number of amides is 1. The van der Waals surface area contributed by atoms with Crippen molar-refractivity contribution in [1.29, 1.82) is 5.26 Å². The van der Waals surface area contributed by atoms with Gasteiger partial charge < -0.3 is 5.32 Å². The summed E-state index contributed by atoms with van der Waals surface area (Å²) in [6, 6.07) is 3.37. The zero-order chi connectivity index (χ0) is 15.6. The van der Waals surface area contributed by atoms with E-state index in [9.17, 15) is 22.4 Å². The minimum atomic E-state index is -4.67. The van der Waals surface area contributed by atoms with Crippen LogP contribution in [0.15, 0.2) is 18.2 Å². The number of nitrogens with one attached hydrogen (secondary N) is 1. The molecule has 3 nitrogen and oxygen atoms in total. The Morgan fingerprint density at radius 1 is 1.40 bits per heavy atom. The molecule has 1 aromatic carbocycles. The molecule has 0 aromatic heterocycles.